The molecule has 0 aliphatic heterocycles. The second-order valence-electron chi connectivity index (χ2n) is 9.05. The number of unbranched alkanes of at least 4 members (excludes halogenated alkanes) is 16. The standard InChI is InChI=1S/C25H53O4PS/c1-3-5-7-9-11-13-14-15-17-19-21-29-23-25(30(26,27)28)24-31-22-20-18-16-12-10-8-6-4-2/h25H,3-24H2,1-2H3,(H2,26,27,28). The second kappa shape index (κ2) is 23.6. The molecule has 0 bridgehead atoms. The van der Waals surface area contributed by atoms with Crippen molar-refractivity contribution >= 4 is 19.4 Å². The van der Waals surface area contributed by atoms with E-state index in [0.717, 1.165) is 25.0 Å². The summed E-state index contributed by atoms with van der Waals surface area (Å²) >= 11 is 1.67. The molecule has 0 heterocycles. The number of hydrogen-bond acceptors (Lipinski definition) is 3. The minimum absolute atomic E-state index is 0.187. The summed E-state index contributed by atoms with van der Waals surface area (Å²) in [4.78, 5) is 19.2. The van der Waals surface area contributed by atoms with Crippen LogP contribution in [0.1, 0.15) is 129 Å². The summed E-state index contributed by atoms with van der Waals surface area (Å²) in [6, 6.07) is 0. The van der Waals surface area contributed by atoms with Crippen LogP contribution < -0.4 is 0 Å². The van der Waals surface area contributed by atoms with Gasteiger partial charge in [-0.25, -0.2) is 0 Å². The molecule has 0 aliphatic carbocycles. The van der Waals surface area contributed by atoms with Gasteiger partial charge in [0.25, 0.3) is 0 Å². The molecule has 1 unspecified atom stereocenters. The average molecular weight is 481 g/mol. The highest BCUT2D eigenvalue weighted by molar-refractivity contribution is 7.99. The highest BCUT2D eigenvalue weighted by Crippen LogP contribution is 2.42. The Balaban J connectivity index is 3.59. The molecule has 0 amide bonds. The SMILES string of the molecule is CCCCCCCCCCCCOCC(CSCCCCCCCCCC)P(=O)(O)O. The zero-order chi connectivity index (χ0) is 23.0. The fourth-order valence-electron chi connectivity index (χ4n) is 3.71. The lowest BCUT2D eigenvalue weighted by Crippen LogP contribution is -2.20. The van der Waals surface area contributed by atoms with Crippen LogP contribution in [0.3, 0.4) is 0 Å². The first kappa shape index (κ1) is 31.5. The quantitative estimate of drug-likeness (QED) is 0.101. The highest BCUT2D eigenvalue weighted by Gasteiger charge is 2.28. The third-order valence-corrected chi connectivity index (χ3v) is 8.63. The molecule has 0 spiro atoms. The summed E-state index contributed by atoms with van der Waals surface area (Å²) in [5.74, 6) is 1.49. The van der Waals surface area contributed by atoms with Crippen molar-refractivity contribution in [1.29, 1.82) is 0 Å². The maximum Gasteiger partial charge on any atom is 0.331 e. The van der Waals surface area contributed by atoms with Crippen LogP contribution in [0, 0.1) is 0 Å². The van der Waals surface area contributed by atoms with Crippen LogP contribution in [0.4, 0.5) is 0 Å². The Kier molecular flexibility index (Phi) is 24.0. The van der Waals surface area contributed by atoms with Gasteiger partial charge < -0.3 is 14.5 Å². The Morgan fingerprint density at radius 2 is 1.10 bits per heavy atom. The number of rotatable bonds is 25. The molecule has 0 fully saturated rings. The first-order chi connectivity index (χ1) is 15.0. The highest BCUT2D eigenvalue weighted by atomic mass is 32.2. The van der Waals surface area contributed by atoms with E-state index in [2.05, 4.69) is 13.8 Å². The molecule has 0 aromatic heterocycles. The third-order valence-electron chi connectivity index (χ3n) is 5.88. The Hall–Kier alpha value is 0.460. The van der Waals surface area contributed by atoms with Gasteiger partial charge in [-0.2, -0.15) is 11.8 Å². The summed E-state index contributed by atoms with van der Waals surface area (Å²) in [7, 11) is -4.08. The minimum atomic E-state index is -4.08. The van der Waals surface area contributed by atoms with Crippen molar-refractivity contribution in [3.63, 3.8) is 0 Å². The maximum absolute atomic E-state index is 11.8. The van der Waals surface area contributed by atoms with Crippen molar-refractivity contribution in [1.82, 2.24) is 0 Å². The minimum Gasteiger partial charge on any atom is -0.380 e. The Morgan fingerprint density at radius 1 is 0.677 bits per heavy atom. The predicted molar refractivity (Wildman–Crippen MR) is 138 cm³/mol. The van der Waals surface area contributed by atoms with E-state index < -0.39 is 13.3 Å². The molecule has 1 atom stereocenters. The molecule has 0 radical (unpaired) electrons. The molecule has 0 aromatic carbocycles. The van der Waals surface area contributed by atoms with E-state index >= 15 is 0 Å². The van der Waals surface area contributed by atoms with Crippen LogP contribution >= 0.6 is 19.4 Å². The smallest absolute Gasteiger partial charge is 0.331 e. The number of ether oxygens (including phenoxy) is 1. The van der Waals surface area contributed by atoms with E-state index in [1.165, 1.54) is 96.3 Å². The van der Waals surface area contributed by atoms with Gasteiger partial charge in [0.05, 0.1) is 12.3 Å². The Bertz CT molecular complexity index is 403. The van der Waals surface area contributed by atoms with Gasteiger partial charge in [-0.1, -0.05) is 117 Å². The Labute approximate surface area is 198 Å². The zero-order valence-corrected chi connectivity index (χ0v) is 22.4. The lowest BCUT2D eigenvalue weighted by Gasteiger charge is -2.18. The monoisotopic (exact) mass is 480 g/mol. The normalized spacial score (nSPS) is 13.0. The largest absolute Gasteiger partial charge is 0.380 e. The molecule has 2 N–H and O–H groups in total. The molecule has 0 aromatic rings. The van der Waals surface area contributed by atoms with Crippen molar-refractivity contribution in [2.45, 2.75) is 135 Å². The van der Waals surface area contributed by atoms with E-state index in [0.29, 0.717) is 12.4 Å². The Morgan fingerprint density at radius 3 is 1.55 bits per heavy atom. The van der Waals surface area contributed by atoms with E-state index in [-0.39, 0.29) is 6.61 Å². The second-order valence-corrected chi connectivity index (χ2v) is 12.1. The van der Waals surface area contributed by atoms with Gasteiger partial charge in [0.15, 0.2) is 0 Å². The fourth-order valence-corrected chi connectivity index (χ4v) is 6.05. The predicted octanol–water partition coefficient (Wildman–Crippen LogP) is 8.34. The lowest BCUT2D eigenvalue weighted by molar-refractivity contribution is 0.127. The molecule has 6 heteroatoms. The van der Waals surface area contributed by atoms with Gasteiger partial charge in [0.1, 0.15) is 0 Å². The van der Waals surface area contributed by atoms with Gasteiger partial charge in [-0.3, -0.25) is 4.57 Å². The van der Waals surface area contributed by atoms with Crippen LogP contribution in [-0.4, -0.2) is 40.2 Å². The van der Waals surface area contributed by atoms with E-state index in [9.17, 15) is 14.4 Å². The lowest BCUT2D eigenvalue weighted by atomic mass is 10.1. The van der Waals surface area contributed by atoms with Crippen LogP contribution in [-0.2, 0) is 9.30 Å². The van der Waals surface area contributed by atoms with Gasteiger partial charge in [0.2, 0.25) is 0 Å². The molecule has 4 nitrogen and oxygen atoms in total. The van der Waals surface area contributed by atoms with E-state index in [1.807, 2.05) is 0 Å². The first-order valence-corrected chi connectivity index (χ1v) is 16.1. The maximum atomic E-state index is 11.8. The van der Waals surface area contributed by atoms with Crippen LogP contribution in [0.15, 0.2) is 0 Å². The molecular formula is C25H53O4PS. The van der Waals surface area contributed by atoms with Crippen LogP contribution in [0.2, 0.25) is 0 Å². The van der Waals surface area contributed by atoms with Crippen molar-refractivity contribution in [3.05, 3.63) is 0 Å². The van der Waals surface area contributed by atoms with Gasteiger partial charge >= 0.3 is 7.60 Å². The van der Waals surface area contributed by atoms with E-state index in [4.69, 9.17) is 4.74 Å². The molecule has 188 valence electrons. The van der Waals surface area contributed by atoms with Crippen molar-refractivity contribution in [2.24, 2.45) is 0 Å². The summed E-state index contributed by atoms with van der Waals surface area (Å²) < 4.78 is 17.4. The topological polar surface area (TPSA) is 66.8 Å². The average Bonchev–Trinajstić information content (AvgIpc) is 2.73. The van der Waals surface area contributed by atoms with Crippen molar-refractivity contribution < 1.29 is 19.1 Å². The van der Waals surface area contributed by atoms with Crippen LogP contribution in [0.5, 0.6) is 0 Å². The van der Waals surface area contributed by atoms with Crippen molar-refractivity contribution in [2.75, 3.05) is 24.7 Å². The number of hydrogen-bond donors (Lipinski definition) is 2. The number of thioether (sulfide) groups is 1. The van der Waals surface area contributed by atoms with Crippen LogP contribution in [0.25, 0.3) is 0 Å². The van der Waals surface area contributed by atoms with Crippen molar-refractivity contribution in [3.8, 4) is 0 Å². The zero-order valence-electron chi connectivity index (χ0n) is 20.7. The molecular weight excluding hydrogens is 427 g/mol. The molecule has 31 heavy (non-hydrogen) atoms. The summed E-state index contributed by atoms with van der Waals surface area (Å²) in [5, 5.41) is 0. The third kappa shape index (κ3) is 23.4. The molecule has 0 rings (SSSR count). The fraction of sp³-hybridized carbons (Fsp3) is 1.00. The van der Waals surface area contributed by atoms with Gasteiger partial charge in [0, 0.05) is 12.4 Å². The van der Waals surface area contributed by atoms with Gasteiger partial charge in [-0.05, 0) is 18.6 Å². The van der Waals surface area contributed by atoms with E-state index in [1.54, 1.807) is 11.8 Å². The van der Waals surface area contributed by atoms with Gasteiger partial charge in [-0.15, -0.1) is 0 Å². The molecule has 0 aliphatic rings. The summed E-state index contributed by atoms with van der Waals surface area (Å²) in [6.45, 7) is 5.30. The summed E-state index contributed by atoms with van der Waals surface area (Å²) in [5.41, 5.74) is -0.658. The molecule has 0 saturated heterocycles. The summed E-state index contributed by atoms with van der Waals surface area (Å²) in [6.07, 6.45) is 23.1. The first-order valence-electron chi connectivity index (χ1n) is 13.2. The molecule has 0 saturated carbocycles.